The van der Waals surface area contributed by atoms with Crippen molar-refractivity contribution in [3.63, 3.8) is 0 Å². The zero-order chi connectivity index (χ0) is 25.5. The molecule has 3 aromatic rings. The van der Waals surface area contributed by atoms with Crippen molar-refractivity contribution in [1.29, 1.82) is 0 Å². The van der Waals surface area contributed by atoms with Gasteiger partial charge in [-0.05, 0) is 80.0 Å². The van der Waals surface area contributed by atoms with Crippen molar-refractivity contribution in [2.75, 3.05) is 20.3 Å². The number of esters is 1. The van der Waals surface area contributed by atoms with Crippen LogP contribution in [-0.4, -0.2) is 52.0 Å². The molecule has 1 aromatic heterocycles. The fraction of sp³-hybridized carbons (Fsp3) is 0.429. The van der Waals surface area contributed by atoms with E-state index < -0.39 is 0 Å². The molecule has 4 rings (SSSR count). The first-order chi connectivity index (χ1) is 17.5. The van der Waals surface area contributed by atoms with Crippen LogP contribution in [0.2, 0.25) is 0 Å². The summed E-state index contributed by atoms with van der Waals surface area (Å²) >= 11 is 0. The molecule has 0 aliphatic carbocycles. The molecule has 0 radical (unpaired) electrons. The molecule has 1 amide bonds. The maximum atomic E-state index is 13.1. The van der Waals surface area contributed by atoms with Crippen LogP contribution in [0.15, 0.2) is 48.7 Å². The number of aromatic nitrogens is 3. The highest BCUT2D eigenvalue weighted by molar-refractivity contribution is 5.94. The Hall–Kier alpha value is -3.68. The lowest BCUT2D eigenvalue weighted by molar-refractivity contribution is -0.143. The van der Waals surface area contributed by atoms with E-state index >= 15 is 0 Å². The Morgan fingerprint density at radius 1 is 1.11 bits per heavy atom. The number of carbonyl (C=O) groups is 2. The predicted molar refractivity (Wildman–Crippen MR) is 136 cm³/mol. The van der Waals surface area contributed by atoms with Gasteiger partial charge in [-0.1, -0.05) is 23.4 Å². The van der Waals surface area contributed by atoms with Crippen molar-refractivity contribution >= 4 is 11.9 Å². The molecule has 36 heavy (non-hydrogen) atoms. The number of fused-ring (bicyclic) bond motifs is 1. The van der Waals surface area contributed by atoms with Crippen molar-refractivity contribution in [2.24, 2.45) is 0 Å². The number of aryl methyl sites for hydroxylation is 2. The molecule has 1 aliphatic heterocycles. The molecule has 0 saturated heterocycles. The smallest absolute Gasteiger partial charge is 0.306 e. The number of carbonyl (C=O) groups excluding carboxylic acids is 2. The molecule has 2 aromatic carbocycles. The Labute approximate surface area is 212 Å². The van der Waals surface area contributed by atoms with Gasteiger partial charge in [-0.15, -0.1) is 5.10 Å². The van der Waals surface area contributed by atoms with Crippen LogP contribution in [0.3, 0.4) is 0 Å². The average molecular weight is 491 g/mol. The molecule has 0 saturated carbocycles. The maximum Gasteiger partial charge on any atom is 0.306 e. The first-order valence-corrected chi connectivity index (χ1v) is 12.6. The number of hydrogen-bond donors (Lipinski definition) is 0. The Morgan fingerprint density at radius 2 is 1.92 bits per heavy atom. The van der Waals surface area contributed by atoms with E-state index in [9.17, 15) is 9.59 Å². The van der Waals surface area contributed by atoms with E-state index in [0.29, 0.717) is 31.7 Å². The zero-order valence-electron chi connectivity index (χ0n) is 21.3. The van der Waals surface area contributed by atoms with Crippen LogP contribution in [-0.2, 0) is 35.5 Å². The quantitative estimate of drug-likeness (QED) is 0.397. The van der Waals surface area contributed by atoms with Crippen LogP contribution >= 0.6 is 0 Å². The summed E-state index contributed by atoms with van der Waals surface area (Å²) in [5.74, 6) is 0.555. The van der Waals surface area contributed by atoms with Gasteiger partial charge in [0.2, 0.25) is 0 Å². The lowest BCUT2D eigenvalue weighted by atomic mass is 9.83. The molecule has 8 heteroatoms. The van der Waals surface area contributed by atoms with E-state index in [4.69, 9.17) is 9.47 Å². The first-order valence-electron chi connectivity index (χ1n) is 12.6. The summed E-state index contributed by atoms with van der Waals surface area (Å²) in [6.07, 6.45) is 4.53. The molecule has 0 fully saturated rings. The lowest BCUT2D eigenvalue weighted by Gasteiger charge is -2.32. The van der Waals surface area contributed by atoms with Crippen molar-refractivity contribution < 1.29 is 19.1 Å². The third-order valence-corrected chi connectivity index (χ3v) is 6.74. The van der Waals surface area contributed by atoms with Gasteiger partial charge in [-0.3, -0.25) is 14.3 Å². The van der Waals surface area contributed by atoms with Crippen molar-refractivity contribution in [1.82, 2.24) is 19.9 Å². The monoisotopic (exact) mass is 490 g/mol. The summed E-state index contributed by atoms with van der Waals surface area (Å²) < 4.78 is 12.3. The minimum absolute atomic E-state index is 0.00890. The largest absolute Gasteiger partial charge is 0.497 e. The van der Waals surface area contributed by atoms with Crippen molar-refractivity contribution in [3.05, 3.63) is 76.6 Å². The molecular formula is C28H34N4O4. The highest BCUT2D eigenvalue weighted by Gasteiger charge is 2.27. The van der Waals surface area contributed by atoms with Gasteiger partial charge in [-0.25, -0.2) is 0 Å². The summed E-state index contributed by atoms with van der Waals surface area (Å²) in [5.41, 5.74) is 5.11. The highest BCUT2D eigenvalue weighted by atomic mass is 16.5. The zero-order valence-corrected chi connectivity index (χ0v) is 21.3. The van der Waals surface area contributed by atoms with Gasteiger partial charge < -0.3 is 14.4 Å². The van der Waals surface area contributed by atoms with Crippen molar-refractivity contribution in [3.8, 4) is 5.75 Å². The number of amides is 1. The Balaban J connectivity index is 1.53. The molecule has 0 bridgehead atoms. The fourth-order valence-electron chi connectivity index (χ4n) is 4.83. The molecule has 8 nitrogen and oxygen atoms in total. The molecule has 0 spiro atoms. The second-order valence-electron chi connectivity index (χ2n) is 9.00. The molecule has 1 unspecified atom stereocenters. The van der Waals surface area contributed by atoms with Crippen molar-refractivity contribution in [2.45, 2.75) is 58.5 Å². The maximum absolute atomic E-state index is 13.1. The summed E-state index contributed by atoms with van der Waals surface area (Å²) in [4.78, 5) is 27.5. The van der Waals surface area contributed by atoms with Crippen LogP contribution in [0.1, 0.15) is 65.3 Å². The Bertz CT molecular complexity index is 1190. The summed E-state index contributed by atoms with van der Waals surface area (Å²) in [6, 6.07) is 13.5. The first kappa shape index (κ1) is 25.4. The van der Waals surface area contributed by atoms with E-state index in [-0.39, 0.29) is 17.8 Å². The molecule has 2 heterocycles. The van der Waals surface area contributed by atoms with Gasteiger partial charge in [-0.2, -0.15) is 0 Å². The van der Waals surface area contributed by atoms with Crippen LogP contribution in [0.4, 0.5) is 0 Å². The second-order valence-corrected chi connectivity index (χ2v) is 9.00. The molecule has 190 valence electrons. The normalized spacial score (nSPS) is 13.7. The second kappa shape index (κ2) is 11.8. The standard InChI is InChI=1S/C28H34N4O4/c1-4-32-19-23(29-30-32)12-9-21(17-27(33)36-5-2)25-8-6-7-22-18-31(16-15-26(22)25)28(34)20-10-13-24(35-3)14-11-20/h6-8,10-11,13-14,19,21H,4-5,9,12,15-18H2,1-3H3. The third-order valence-electron chi connectivity index (χ3n) is 6.74. The highest BCUT2D eigenvalue weighted by Crippen LogP contribution is 2.33. The number of rotatable bonds is 10. The number of methoxy groups -OCH3 is 1. The van der Waals surface area contributed by atoms with Crippen LogP contribution < -0.4 is 4.74 Å². The lowest BCUT2D eigenvalue weighted by Crippen LogP contribution is -2.36. The van der Waals surface area contributed by atoms with E-state index in [0.717, 1.165) is 42.8 Å². The SMILES string of the molecule is CCOC(=O)CC(CCc1cn(CC)nn1)c1cccc2c1CCN(C(=O)c1ccc(OC)cc1)C2. The summed E-state index contributed by atoms with van der Waals surface area (Å²) in [6.45, 7) is 6.18. The molecule has 0 N–H and O–H groups in total. The fourth-order valence-corrected chi connectivity index (χ4v) is 4.83. The number of nitrogens with zero attached hydrogens (tertiary/aromatic N) is 4. The minimum Gasteiger partial charge on any atom is -0.497 e. The van der Waals surface area contributed by atoms with Gasteiger partial charge >= 0.3 is 5.97 Å². The van der Waals surface area contributed by atoms with E-state index in [1.165, 1.54) is 11.1 Å². The summed E-state index contributed by atoms with van der Waals surface area (Å²) in [5, 5.41) is 8.41. The van der Waals surface area contributed by atoms with E-state index in [1.807, 2.05) is 47.8 Å². The van der Waals surface area contributed by atoms with Gasteiger partial charge in [0.1, 0.15) is 5.75 Å². The Kier molecular flexibility index (Phi) is 8.36. The molecular weight excluding hydrogens is 456 g/mol. The van der Waals surface area contributed by atoms with Gasteiger partial charge in [0.25, 0.3) is 5.91 Å². The number of ether oxygens (including phenoxy) is 2. The van der Waals surface area contributed by atoms with Crippen LogP contribution in [0.25, 0.3) is 0 Å². The molecule has 1 atom stereocenters. The van der Waals surface area contributed by atoms with Gasteiger partial charge in [0.15, 0.2) is 0 Å². The molecule has 1 aliphatic rings. The van der Waals surface area contributed by atoms with E-state index in [1.54, 1.807) is 19.2 Å². The number of benzene rings is 2. The van der Waals surface area contributed by atoms with Gasteiger partial charge in [0.05, 0.1) is 25.8 Å². The minimum atomic E-state index is -0.190. The summed E-state index contributed by atoms with van der Waals surface area (Å²) in [7, 11) is 1.61. The van der Waals surface area contributed by atoms with Crippen LogP contribution in [0.5, 0.6) is 5.75 Å². The number of hydrogen-bond acceptors (Lipinski definition) is 6. The average Bonchev–Trinajstić information content (AvgIpc) is 3.38. The topological polar surface area (TPSA) is 86.6 Å². The van der Waals surface area contributed by atoms with Gasteiger partial charge in [0, 0.05) is 31.4 Å². The van der Waals surface area contributed by atoms with E-state index in [2.05, 4.69) is 22.4 Å². The Morgan fingerprint density at radius 3 is 2.61 bits per heavy atom. The third kappa shape index (κ3) is 5.93. The van der Waals surface area contributed by atoms with Crippen LogP contribution in [0, 0.1) is 0 Å². The predicted octanol–water partition coefficient (Wildman–Crippen LogP) is 4.17.